The molecule has 0 atom stereocenters. The maximum Gasteiger partial charge on any atom is 0.310 e. The highest BCUT2D eigenvalue weighted by molar-refractivity contribution is 7.16. The van der Waals surface area contributed by atoms with Gasteiger partial charge in [-0.1, -0.05) is 41.7 Å². The van der Waals surface area contributed by atoms with Gasteiger partial charge in [-0.25, -0.2) is 0 Å². The Kier molecular flexibility index (Phi) is 3.12. The summed E-state index contributed by atoms with van der Waals surface area (Å²) in [5.74, 6) is 0. The Morgan fingerprint density at radius 3 is 2.50 bits per heavy atom. The monoisotopic (exact) mass is 284 g/mol. The second-order valence-corrected chi connectivity index (χ2v) is 5.45. The minimum absolute atomic E-state index is 0.200. The van der Waals surface area contributed by atoms with Crippen LogP contribution in [0.15, 0.2) is 58.1 Å². The number of anilines is 1. The number of hydrogen-bond acceptors (Lipinski definition) is 4. The van der Waals surface area contributed by atoms with Crippen molar-refractivity contribution in [3.8, 4) is 0 Å². The minimum Gasteiger partial charge on any atom is -0.398 e. The van der Waals surface area contributed by atoms with Crippen molar-refractivity contribution in [3.63, 3.8) is 0 Å². The van der Waals surface area contributed by atoms with Crippen LogP contribution in [0.5, 0.6) is 0 Å². The topological polar surface area (TPSA) is 65.1 Å². The molecule has 20 heavy (non-hydrogen) atoms. The second kappa shape index (κ2) is 4.94. The molecule has 0 radical (unpaired) electrons. The Bertz CT molecular complexity index is 896. The van der Waals surface area contributed by atoms with E-state index in [0.29, 0.717) is 15.8 Å². The lowest BCUT2D eigenvalue weighted by Crippen LogP contribution is -2.31. The number of benzene rings is 2. The quantitative estimate of drug-likeness (QED) is 0.732. The van der Waals surface area contributed by atoms with Crippen LogP contribution in [0.2, 0.25) is 0 Å². The van der Waals surface area contributed by atoms with E-state index in [2.05, 4.69) is 0 Å². The highest BCUT2D eigenvalue weighted by Gasteiger charge is 2.09. The van der Waals surface area contributed by atoms with Crippen LogP contribution in [-0.2, 0) is 6.54 Å². The lowest BCUT2D eigenvalue weighted by molar-refractivity contribution is 0.754. The van der Waals surface area contributed by atoms with Crippen LogP contribution in [0, 0.1) is 0 Å². The molecule has 5 heteroatoms. The van der Waals surface area contributed by atoms with Crippen LogP contribution in [0.4, 0.5) is 5.69 Å². The van der Waals surface area contributed by atoms with Crippen LogP contribution in [-0.4, -0.2) is 4.57 Å². The number of nitrogens with zero attached hydrogens (tertiary/aromatic N) is 1. The van der Waals surface area contributed by atoms with Gasteiger partial charge >= 0.3 is 4.87 Å². The van der Waals surface area contributed by atoms with E-state index in [-0.39, 0.29) is 17.0 Å². The highest BCUT2D eigenvalue weighted by Crippen LogP contribution is 2.14. The van der Waals surface area contributed by atoms with Crippen molar-refractivity contribution in [1.29, 1.82) is 0 Å². The summed E-state index contributed by atoms with van der Waals surface area (Å²) in [6.45, 7) is 0.200. The molecule has 3 rings (SSSR count). The molecule has 0 fully saturated rings. The third-order valence-electron chi connectivity index (χ3n) is 3.16. The summed E-state index contributed by atoms with van der Waals surface area (Å²) in [4.78, 5) is 24.2. The molecule has 1 aromatic heterocycles. The number of rotatable bonds is 2. The molecular weight excluding hydrogens is 272 g/mol. The molecule has 0 bridgehead atoms. The molecule has 4 nitrogen and oxygen atoms in total. The predicted octanol–water partition coefficient (Wildman–Crippen LogP) is 2.05. The van der Waals surface area contributed by atoms with E-state index in [1.54, 1.807) is 24.3 Å². The minimum atomic E-state index is -0.271. The maximum atomic E-state index is 12.4. The molecule has 0 amide bonds. The third kappa shape index (κ3) is 2.12. The van der Waals surface area contributed by atoms with E-state index in [4.69, 9.17) is 5.73 Å². The maximum absolute atomic E-state index is 12.4. The summed E-state index contributed by atoms with van der Waals surface area (Å²) in [5.41, 5.74) is 6.95. The number of hydrogen-bond donors (Lipinski definition) is 1. The number of para-hydroxylation sites is 1. The standard InChI is InChI=1S/C15H12N2O2S/c16-12-7-3-1-5-10(12)9-17-14(18)11-6-2-4-8-13(11)20-15(17)19/h1-8H,9,16H2. The third-order valence-corrected chi connectivity index (χ3v) is 4.13. The van der Waals surface area contributed by atoms with Gasteiger partial charge in [0.15, 0.2) is 0 Å². The van der Waals surface area contributed by atoms with Gasteiger partial charge in [0.1, 0.15) is 0 Å². The molecule has 0 saturated carbocycles. The van der Waals surface area contributed by atoms with Crippen LogP contribution in [0.1, 0.15) is 5.56 Å². The van der Waals surface area contributed by atoms with Gasteiger partial charge in [0.2, 0.25) is 0 Å². The summed E-state index contributed by atoms with van der Waals surface area (Å²) in [7, 11) is 0. The van der Waals surface area contributed by atoms with Crippen molar-refractivity contribution >= 4 is 27.1 Å². The number of nitrogens with two attached hydrogens (primary N) is 1. The first-order chi connectivity index (χ1) is 9.66. The van der Waals surface area contributed by atoms with E-state index in [1.807, 2.05) is 24.3 Å². The summed E-state index contributed by atoms with van der Waals surface area (Å²) < 4.78 is 1.94. The fourth-order valence-electron chi connectivity index (χ4n) is 2.09. The SMILES string of the molecule is Nc1ccccc1Cn1c(=O)sc2ccccc2c1=O. The van der Waals surface area contributed by atoms with Gasteiger partial charge < -0.3 is 5.73 Å². The fraction of sp³-hybridized carbons (Fsp3) is 0.0667. The molecule has 0 saturated heterocycles. The largest absolute Gasteiger partial charge is 0.398 e. The van der Waals surface area contributed by atoms with E-state index in [9.17, 15) is 9.59 Å². The van der Waals surface area contributed by atoms with Crippen molar-refractivity contribution in [1.82, 2.24) is 4.57 Å². The number of fused-ring (bicyclic) bond motifs is 1. The summed E-state index contributed by atoms with van der Waals surface area (Å²) >= 11 is 1.07. The van der Waals surface area contributed by atoms with Gasteiger partial charge in [-0.3, -0.25) is 14.2 Å². The van der Waals surface area contributed by atoms with Gasteiger partial charge in [-0.15, -0.1) is 0 Å². The molecule has 0 aliphatic carbocycles. The normalized spacial score (nSPS) is 10.8. The lowest BCUT2D eigenvalue weighted by atomic mass is 10.2. The molecular formula is C15H12N2O2S. The Hall–Kier alpha value is -2.40. The lowest BCUT2D eigenvalue weighted by Gasteiger charge is -2.08. The van der Waals surface area contributed by atoms with E-state index >= 15 is 0 Å². The van der Waals surface area contributed by atoms with Crippen molar-refractivity contribution < 1.29 is 0 Å². The summed E-state index contributed by atoms with van der Waals surface area (Å²) in [6.07, 6.45) is 0. The van der Waals surface area contributed by atoms with Crippen molar-refractivity contribution in [3.05, 3.63) is 74.1 Å². The van der Waals surface area contributed by atoms with Gasteiger partial charge in [0.05, 0.1) is 11.9 Å². The first-order valence-corrected chi connectivity index (χ1v) is 6.94. The molecule has 2 N–H and O–H groups in total. The summed E-state index contributed by atoms with van der Waals surface area (Å²) in [6, 6.07) is 14.4. The van der Waals surface area contributed by atoms with Gasteiger partial charge in [0.25, 0.3) is 5.56 Å². The number of nitrogen functional groups attached to an aromatic ring is 1. The van der Waals surface area contributed by atoms with E-state index in [0.717, 1.165) is 16.9 Å². The van der Waals surface area contributed by atoms with Crippen molar-refractivity contribution in [2.75, 3.05) is 5.73 Å². The molecule has 2 aromatic carbocycles. The Morgan fingerprint density at radius 1 is 1.00 bits per heavy atom. The van der Waals surface area contributed by atoms with Crippen LogP contribution >= 0.6 is 11.3 Å². The zero-order chi connectivity index (χ0) is 14.1. The van der Waals surface area contributed by atoms with Gasteiger partial charge in [0, 0.05) is 10.4 Å². The Morgan fingerprint density at radius 2 is 1.70 bits per heavy atom. The molecule has 3 aromatic rings. The zero-order valence-electron chi connectivity index (χ0n) is 10.6. The first-order valence-electron chi connectivity index (χ1n) is 6.13. The molecule has 100 valence electrons. The Balaban J connectivity index is 2.20. The van der Waals surface area contributed by atoms with Crippen LogP contribution < -0.4 is 16.2 Å². The molecule has 1 heterocycles. The van der Waals surface area contributed by atoms with E-state index < -0.39 is 0 Å². The Labute approximate surface area is 118 Å². The number of aromatic nitrogens is 1. The average Bonchev–Trinajstić information content (AvgIpc) is 2.45. The highest BCUT2D eigenvalue weighted by atomic mass is 32.1. The molecule has 0 aliphatic heterocycles. The van der Waals surface area contributed by atoms with Crippen molar-refractivity contribution in [2.24, 2.45) is 0 Å². The van der Waals surface area contributed by atoms with Crippen LogP contribution in [0.25, 0.3) is 10.1 Å². The van der Waals surface area contributed by atoms with E-state index in [1.165, 1.54) is 4.57 Å². The summed E-state index contributed by atoms with van der Waals surface area (Å²) in [5, 5.41) is 0.562. The smallest absolute Gasteiger partial charge is 0.310 e. The molecule has 0 aliphatic rings. The zero-order valence-corrected chi connectivity index (χ0v) is 11.4. The fourth-order valence-corrected chi connectivity index (χ4v) is 2.95. The first kappa shape index (κ1) is 12.6. The average molecular weight is 284 g/mol. The second-order valence-electron chi connectivity index (χ2n) is 4.45. The molecule has 0 spiro atoms. The van der Waals surface area contributed by atoms with Crippen LogP contribution in [0.3, 0.4) is 0 Å². The van der Waals surface area contributed by atoms with Gasteiger partial charge in [-0.05, 0) is 23.8 Å². The van der Waals surface area contributed by atoms with Crippen molar-refractivity contribution in [2.45, 2.75) is 6.54 Å². The van der Waals surface area contributed by atoms with Gasteiger partial charge in [-0.2, -0.15) is 0 Å². The predicted molar refractivity (Wildman–Crippen MR) is 82.3 cm³/mol. The molecule has 0 unspecified atom stereocenters.